The monoisotopic (exact) mass is 353 g/mol. The summed E-state index contributed by atoms with van der Waals surface area (Å²) in [5, 5.41) is 0. The van der Waals surface area contributed by atoms with Gasteiger partial charge in [-0.2, -0.15) is 0 Å². The van der Waals surface area contributed by atoms with E-state index in [0.717, 1.165) is 29.5 Å². The molecule has 5 heteroatoms. The van der Waals surface area contributed by atoms with Gasteiger partial charge in [-0.1, -0.05) is 43.9 Å². The first kappa shape index (κ1) is 17.8. The second-order valence-corrected chi connectivity index (χ2v) is 13.3. The lowest BCUT2D eigenvalue weighted by molar-refractivity contribution is 0.143. The number of para-hydroxylation sites is 1. The lowest BCUT2D eigenvalue weighted by Crippen LogP contribution is -2.22. The molecule has 3 rings (SSSR count). The van der Waals surface area contributed by atoms with Crippen LogP contribution >= 0.6 is 0 Å². The molecule has 1 unspecified atom stereocenters. The molecule has 1 aromatic carbocycles. The van der Waals surface area contributed by atoms with Gasteiger partial charge in [-0.25, -0.2) is 4.98 Å². The third kappa shape index (κ3) is 4.77. The number of allylic oxidation sites excluding steroid dienone is 1. The van der Waals surface area contributed by atoms with E-state index in [9.17, 15) is 0 Å². The summed E-state index contributed by atoms with van der Waals surface area (Å²) in [4.78, 5) is 9.43. The SMILES string of the molecule is Cc1nc(C2=NC(COCC[Si](C)(C)C)C=C2)cn1-c1ccccc1. The molecule has 2 heterocycles. The Morgan fingerprint density at radius 2 is 1.92 bits per heavy atom. The van der Waals surface area contributed by atoms with Gasteiger partial charge < -0.3 is 9.30 Å². The van der Waals surface area contributed by atoms with Gasteiger partial charge in [0.05, 0.1) is 18.4 Å². The number of aliphatic imine (C=N–C) groups is 1. The van der Waals surface area contributed by atoms with Crippen molar-refractivity contribution >= 4 is 13.8 Å². The largest absolute Gasteiger partial charge is 0.379 e. The fourth-order valence-corrected chi connectivity index (χ4v) is 3.50. The first-order valence-electron chi connectivity index (χ1n) is 8.88. The van der Waals surface area contributed by atoms with Crippen LogP contribution in [-0.2, 0) is 4.74 Å². The van der Waals surface area contributed by atoms with E-state index in [-0.39, 0.29) is 6.04 Å². The molecule has 4 nitrogen and oxygen atoms in total. The molecule has 1 atom stereocenters. The Hall–Kier alpha value is -1.98. The highest BCUT2D eigenvalue weighted by atomic mass is 28.3. The number of benzene rings is 1. The average Bonchev–Trinajstić information content (AvgIpc) is 3.18. The molecule has 0 saturated carbocycles. The number of hydrogen-bond acceptors (Lipinski definition) is 3. The van der Waals surface area contributed by atoms with E-state index < -0.39 is 8.07 Å². The van der Waals surface area contributed by atoms with Crippen LogP contribution in [0.3, 0.4) is 0 Å². The summed E-state index contributed by atoms with van der Waals surface area (Å²) in [5.41, 5.74) is 2.98. The van der Waals surface area contributed by atoms with Gasteiger partial charge >= 0.3 is 0 Å². The molecule has 0 amide bonds. The van der Waals surface area contributed by atoms with Crippen LogP contribution in [0.15, 0.2) is 53.7 Å². The second-order valence-electron chi connectivity index (χ2n) is 7.71. The van der Waals surface area contributed by atoms with Crippen molar-refractivity contribution in [1.29, 1.82) is 0 Å². The Kier molecular flexibility index (Phi) is 5.35. The predicted octanol–water partition coefficient (Wildman–Crippen LogP) is 4.26. The minimum absolute atomic E-state index is 0.110. The molecule has 1 aromatic heterocycles. The van der Waals surface area contributed by atoms with Gasteiger partial charge in [-0.15, -0.1) is 0 Å². The first-order valence-corrected chi connectivity index (χ1v) is 12.6. The van der Waals surface area contributed by atoms with E-state index in [0.29, 0.717) is 6.61 Å². The maximum absolute atomic E-state index is 5.83. The number of ether oxygens (including phenoxy) is 1. The van der Waals surface area contributed by atoms with Gasteiger partial charge in [0, 0.05) is 26.6 Å². The fraction of sp³-hybridized carbons (Fsp3) is 0.400. The molecule has 0 radical (unpaired) electrons. The minimum Gasteiger partial charge on any atom is -0.379 e. The topological polar surface area (TPSA) is 39.4 Å². The van der Waals surface area contributed by atoms with Crippen molar-refractivity contribution < 1.29 is 4.74 Å². The number of aromatic nitrogens is 2. The normalized spacial score (nSPS) is 17.1. The highest BCUT2D eigenvalue weighted by molar-refractivity contribution is 6.76. The molecule has 0 spiro atoms. The standard InChI is InChI=1S/C20H27N3OSi/c1-16-21-20(14-23(16)18-8-6-5-7-9-18)19-11-10-17(22-19)15-24-12-13-25(2,3)4/h5-11,14,17H,12-13,15H2,1-4H3. The Morgan fingerprint density at radius 1 is 1.16 bits per heavy atom. The summed E-state index contributed by atoms with van der Waals surface area (Å²) in [6.07, 6.45) is 6.23. The number of nitrogens with zero attached hydrogens (tertiary/aromatic N) is 3. The van der Waals surface area contributed by atoms with E-state index in [1.165, 1.54) is 6.04 Å². The first-order chi connectivity index (χ1) is 11.9. The Labute approximate surface area is 151 Å². The van der Waals surface area contributed by atoms with Crippen LogP contribution in [-0.4, -0.2) is 42.6 Å². The maximum atomic E-state index is 5.83. The van der Waals surface area contributed by atoms with Gasteiger partial charge in [-0.05, 0) is 31.2 Å². The van der Waals surface area contributed by atoms with Crippen molar-refractivity contribution in [2.45, 2.75) is 38.7 Å². The van der Waals surface area contributed by atoms with Crippen LogP contribution in [0.4, 0.5) is 0 Å². The number of aryl methyl sites for hydroxylation is 1. The Bertz CT molecular complexity index is 772. The molecule has 0 aliphatic carbocycles. The zero-order valence-electron chi connectivity index (χ0n) is 15.6. The smallest absolute Gasteiger partial charge is 0.110 e. The lowest BCUT2D eigenvalue weighted by atomic mass is 10.3. The second kappa shape index (κ2) is 7.50. The fourth-order valence-electron chi connectivity index (χ4n) is 2.74. The van der Waals surface area contributed by atoms with Crippen LogP contribution in [0.5, 0.6) is 0 Å². The molecule has 0 bridgehead atoms. The molecule has 2 aromatic rings. The molecular formula is C20H27N3OSi. The third-order valence-corrected chi connectivity index (χ3v) is 5.95. The van der Waals surface area contributed by atoms with E-state index in [2.05, 4.69) is 59.7 Å². The van der Waals surface area contributed by atoms with E-state index in [1.54, 1.807) is 0 Å². The van der Waals surface area contributed by atoms with Crippen LogP contribution in [0.2, 0.25) is 25.7 Å². The number of hydrogen-bond donors (Lipinski definition) is 0. The third-order valence-electron chi connectivity index (χ3n) is 4.25. The molecule has 0 saturated heterocycles. The molecule has 25 heavy (non-hydrogen) atoms. The molecule has 0 N–H and O–H groups in total. The zero-order valence-corrected chi connectivity index (χ0v) is 16.6. The predicted molar refractivity (Wildman–Crippen MR) is 107 cm³/mol. The minimum atomic E-state index is -1.03. The quantitative estimate of drug-likeness (QED) is 0.551. The Morgan fingerprint density at radius 3 is 2.64 bits per heavy atom. The van der Waals surface area contributed by atoms with Crippen molar-refractivity contribution in [2.75, 3.05) is 13.2 Å². The van der Waals surface area contributed by atoms with E-state index in [1.807, 2.05) is 25.1 Å². The van der Waals surface area contributed by atoms with E-state index >= 15 is 0 Å². The summed E-state index contributed by atoms with van der Waals surface area (Å²) >= 11 is 0. The van der Waals surface area contributed by atoms with Crippen LogP contribution in [0, 0.1) is 6.92 Å². The van der Waals surface area contributed by atoms with Crippen LogP contribution in [0.1, 0.15) is 11.5 Å². The van der Waals surface area contributed by atoms with Crippen molar-refractivity contribution in [3.05, 3.63) is 60.2 Å². The number of imidazole rings is 1. The number of rotatable bonds is 7. The molecular weight excluding hydrogens is 326 g/mol. The molecule has 1 aliphatic rings. The highest BCUT2D eigenvalue weighted by Crippen LogP contribution is 2.16. The van der Waals surface area contributed by atoms with Gasteiger partial charge in [-0.3, -0.25) is 4.99 Å². The molecule has 132 valence electrons. The van der Waals surface area contributed by atoms with Gasteiger partial charge in [0.2, 0.25) is 0 Å². The Balaban J connectivity index is 1.63. The van der Waals surface area contributed by atoms with Gasteiger partial charge in [0.1, 0.15) is 11.5 Å². The van der Waals surface area contributed by atoms with Crippen molar-refractivity contribution in [3.8, 4) is 5.69 Å². The van der Waals surface area contributed by atoms with Crippen molar-refractivity contribution in [1.82, 2.24) is 9.55 Å². The van der Waals surface area contributed by atoms with Crippen molar-refractivity contribution in [3.63, 3.8) is 0 Å². The summed E-state index contributed by atoms with van der Waals surface area (Å²) in [7, 11) is -1.03. The summed E-state index contributed by atoms with van der Waals surface area (Å²) < 4.78 is 7.93. The molecule has 1 aliphatic heterocycles. The summed E-state index contributed by atoms with van der Waals surface area (Å²) in [6.45, 7) is 10.6. The van der Waals surface area contributed by atoms with Crippen LogP contribution in [0.25, 0.3) is 5.69 Å². The maximum Gasteiger partial charge on any atom is 0.110 e. The average molecular weight is 354 g/mol. The zero-order chi connectivity index (χ0) is 17.9. The highest BCUT2D eigenvalue weighted by Gasteiger charge is 2.17. The van der Waals surface area contributed by atoms with Crippen LogP contribution < -0.4 is 0 Å². The summed E-state index contributed by atoms with van der Waals surface area (Å²) in [6, 6.07) is 11.6. The van der Waals surface area contributed by atoms with Gasteiger partial charge in [0.25, 0.3) is 0 Å². The van der Waals surface area contributed by atoms with Gasteiger partial charge in [0.15, 0.2) is 0 Å². The summed E-state index contributed by atoms with van der Waals surface area (Å²) in [5.74, 6) is 0.965. The molecule has 0 fully saturated rings. The lowest BCUT2D eigenvalue weighted by Gasteiger charge is -2.15. The van der Waals surface area contributed by atoms with E-state index in [4.69, 9.17) is 9.73 Å². The van der Waals surface area contributed by atoms with Crippen molar-refractivity contribution in [2.24, 2.45) is 4.99 Å².